The molecule has 3 rings (SSSR count). The van der Waals surface area contributed by atoms with Gasteiger partial charge in [0.2, 0.25) is 0 Å². The van der Waals surface area contributed by atoms with Crippen LogP contribution < -0.4 is 5.32 Å². The van der Waals surface area contributed by atoms with Crippen molar-refractivity contribution in [2.45, 2.75) is 32.1 Å². The maximum Gasteiger partial charge on any atom is 0.293 e. The molecule has 1 aromatic rings. The number of anilines is 1. The predicted molar refractivity (Wildman–Crippen MR) is 88.6 cm³/mol. The second kappa shape index (κ2) is 6.56. The molecule has 0 radical (unpaired) electrons. The minimum atomic E-state index is -0.448. The summed E-state index contributed by atoms with van der Waals surface area (Å²) in [6, 6.07) is 4.67. The topological polar surface area (TPSA) is 75.5 Å². The van der Waals surface area contributed by atoms with Crippen molar-refractivity contribution in [3.8, 4) is 0 Å². The van der Waals surface area contributed by atoms with E-state index in [0.29, 0.717) is 17.2 Å². The van der Waals surface area contributed by atoms with Gasteiger partial charge in [-0.05, 0) is 36.8 Å². The highest BCUT2D eigenvalue weighted by Crippen LogP contribution is 2.36. The van der Waals surface area contributed by atoms with E-state index in [-0.39, 0.29) is 11.6 Å². The molecule has 1 aliphatic carbocycles. The lowest BCUT2D eigenvalue weighted by atomic mass is 9.75. The van der Waals surface area contributed by atoms with Gasteiger partial charge in [-0.1, -0.05) is 19.3 Å². The maximum atomic E-state index is 12.7. The Morgan fingerprint density at radius 1 is 1.26 bits per heavy atom. The van der Waals surface area contributed by atoms with Crippen molar-refractivity contribution in [1.82, 2.24) is 4.90 Å². The molecule has 6 nitrogen and oxygen atoms in total. The van der Waals surface area contributed by atoms with Crippen LogP contribution in [0, 0.1) is 22.0 Å². The lowest BCUT2D eigenvalue weighted by molar-refractivity contribution is -0.384. The largest absolute Gasteiger partial charge is 0.383 e. The van der Waals surface area contributed by atoms with E-state index < -0.39 is 4.92 Å². The quantitative estimate of drug-likeness (QED) is 0.685. The molecule has 0 bridgehead atoms. The number of carbonyl (C=O) groups is 1. The Morgan fingerprint density at radius 3 is 2.70 bits per heavy atom. The number of hydrogen-bond donors (Lipinski definition) is 1. The van der Waals surface area contributed by atoms with E-state index in [1.807, 2.05) is 4.90 Å². The Labute approximate surface area is 136 Å². The molecule has 1 aromatic carbocycles. The first-order valence-electron chi connectivity index (χ1n) is 8.35. The third-order valence-electron chi connectivity index (χ3n) is 5.29. The van der Waals surface area contributed by atoms with Crippen LogP contribution in [-0.2, 0) is 0 Å². The highest BCUT2D eigenvalue weighted by Gasteiger charge is 2.33. The van der Waals surface area contributed by atoms with Crippen molar-refractivity contribution in [2.24, 2.45) is 11.8 Å². The van der Waals surface area contributed by atoms with Crippen LogP contribution >= 0.6 is 0 Å². The zero-order valence-electron chi connectivity index (χ0n) is 13.5. The van der Waals surface area contributed by atoms with Gasteiger partial charge in [0.25, 0.3) is 11.6 Å². The predicted octanol–water partition coefficient (Wildman–Crippen LogP) is 3.29. The standard InChI is InChI=1S/C17H23N3O3/c1-18-15-7-6-13(10-16(15)20(22)23)17(21)19-9-8-12-4-2-3-5-14(12)11-19/h6-7,10,12,14,18H,2-5,8-9,11H2,1H3/t12-,14-/m1/s1. The number of nitro benzene ring substituents is 1. The molecule has 1 aliphatic heterocycles. The summed E-state index contributed by atoms with van der Waals surface area (Å²) in [7, 11) is 1.64. The van der Waals surface area contributed by atoms with Crippen molar-refractivity contribution in [2.75, 3.05) is 25.5 Å². The van der Waals surface area contributed by atoms with Crippen molar-refractivity contribution in [3.63, 3.8) is 0 Å². The van der Waals surface area contributed by atoms with Gasteiger partial charge in [-0.15, -0.1) is 0 Å². The molecule has 1 heterocycles. The van der Waals surface area contributed by atoms with Crippen LogP contribution in [0.3, 0.4) is 0 Å². The Kier molecular flexibility index (Phi) is 4.50. The molecule has 6 heteroatoms. The van der Waals surface area contributed by atoms with E-state index in [9.17, 15) is 14.9 Å². The molecule has 2 atom stereocenters. The molecule has 1 amide bonds. The number of nitrogens with one attached hydrogen (secondary N) is 1. The number of fused-ring (bicyclic) bond motifs is 1. The average molecular weight is 317 g/mol. The molecule has 124 valence electrons. The van der Waals surface area contributed by atoms with E-state index in [2.05, 4.69) is 5.32 Å². The SMILES string of the molecule is CNc1ccc(C(=O)N2CC[C@H]3CCCC[C@@H]3C2)cc1[N+](=O)[O-]. The fraction of sp³-hybridized carbons (Fsp3) is 0.588. The monoisotopic (exact) mass is 317 g/mol. The number of nitro groups is 1. The molecule has 23 heavy (non-hydrogen) atoms. The van der Waals surface area contributed by atoms with Gasteiger partial charge in [0.1, 0.15) is 5.69 Å². The minimum Gasteiger partial charge on any atom is -0.383 e. The number of likely N-dealkylation sites (tertiary alicyclic amines) is 1. The Hall–Kier alpha value is -2.11. The Morgan fingerprint density at radius 2 is 2.00 bits per heavy atom. The molecule has 2 aliphatic rings. The van der Waals surface area contributed by atoms with E-state index in [1.54, 1.807) is 19.2 Å². The first-order chi connectivity index (χ1) is 11.1. The fourth-order valence-corrected chi connectivity index (χ4v) is 4.00. The summed E-state index contributed by atoms with van der Waals surface area (Å²) in [4.78, 5) is 25.3. The molecular weight excluding hydrogens is 294 g/mol. The molecule has 2 fully saturated rings. The number of carbonyl (C=O) groups excluding carboxylic acids is 1. The van der Waals surface area contributed by atoms with Crippen LogP contribution in [0.2, 0.25) is 0 Å². The molecule has 1 saturated heterocycles. The average Bonchev–Trinajstić information content (AvgIpc) is 2.60. The smallest absolute Gasteiger partial charge is 0.293 e. The summed E-state index contributed by atoms with van der Waals surface area (Å²) in [5, 5.41) is 14.0. The number of piperidine rings is 1. The van der Waals surface area contributed by atoms with E-state index in [1.165, 1.54) is 31.7 Å². The van der Waals surface area contributed by atoms with Gasteiger partial charge in [-0.2, -0.15) is 0 Å². The van der Waals surface area contributed by atoms with Crippen molar-refractivity contribution in [1.29, 1.82) is 0 Å². The van der Waals surface area contributed by atoms with Crippen LogP contribution in [-0.4, -0.2) is 35.9 Å². The number of benzene rings is 1. The number of rotatable bonds is 3. The van der Waals surface area contributed by atoms with Gasteiger partial charge in [0, 0.05) is 31.8 Å². The fourth-order valence-electron chi connectivity index (χ4n) is 4.00. The summed E-state index contributed by atoms with van der Waals surface area (Å²) >= 11 is 0. The van der Waals surface area contributed by atoms with E-state index >= 15 is 0 Å². The van der Waals surface area contributed by atoms with E-state index in [0.717, 1.165) is 25.4 Å². The van der Waals surface area contributed by atoms with Gasteiger partial charge in [-0.3, -0.25) is 14.9 Å². The van der Waals surface area contributed by atoms with Gasteiger partial charge in [0.05, 0.1) is 4.92 Å². The first kappa shape index (κ1) is 15.8. The van der Waals surface area contributed by atoms with Crippen LogP contribution in [0.15, 0.2) is 18.2 Å². The molecule has 1 N–H and O–H groups in total. The third kappa shape index (κ3) is 3.16. The lowest BCUT2D eigenvalue weighted by Crippen LogP contribution is -2.44. The summed E-state index contributed by atoms with van der Waals surface area (Å²) in [5.41, 5.74) is 0.786. The van der Waals surface area contributed by atoms with Crippen molar-refractivity contribution in [3.05, 3.63) is 33.9 Å². The second-order valence-corrected chi connectivity index (χ2v) is 6.58. The zero-order chi connectivity index (χ0) is 16.4. The van der Waals surface area contributed by atoms with Crippen LogP contribution in [0.25, 0.3) is 0 Å². The molecular formula is C17H23N3O3. The number of hydrogen-bond acceptors (Lipinski definition) is 4. The summed E-state index contributed by atoms with van der Waals surface area (Å²) in [5.74, 6) is 1.28. The normalized spacial score (nSPS) is 24.0. The van der Waals surface area contributed by atoms with E-state index in [4.69, 9.17) is 0 Å². The van der Waals surface area contributed by atoms with Gasteiger partial charge < -0.3 is 10.2 Å². The highest BCUT2D eigenvalue weighted by atomic mass is 16.6. The lowest BCUT2D eigenvalue weighted by Gasteiger charge is -2.41. The Balaban J connectivity index is 1.77. The number of amides is 1. The van der Waals surface area contributed by atoms with Gasteiger partial charge in [0.15, 0.2) is 0 Å². The summed E-state index contributed by atoms with van der Waals surface area (Å²) in [6.45, 7) is 1.56. The van der Waals surface area contributed by atoms with Gasteiger partial charge in [-0.25, -0.2) is 0 Å². The summed E-state index contributed by atoms with van der Waals surface area (Å²) < 4.78 is 0. The maximum absolute atomic E-state index is 12.7. The van der Waals surface area contributed by atoms with Crippen LogP contribution in [0.5, 0.6) is 0 Å². The molecule has 0 spiro atoms. The molecule has 1 saturated carbocycles. The summed E-state index contributed by atoms with van der Waals surface area (Å²) in [6.07, 6.45) is 6.12. The highest BCUT2D eigenvalue weighted by molar-refractivity contribution is 5.95. The number of nitrogens with zero attached hydrogens (tertiary/aromatic N) is 2. The van der Waals surface area contributed by atoms with Crippen molar-refractivity contribution >= 4 is 17.3 Å². The van der Waals surface area contributed by atoms with Crippen molar-refractivity contribution < 1.29 is 9.72 Å². The Bertz CT molecular complexity index is 617. The van der Waals surface area contributed by atoms with Crippen LogP contribution in [0.1, 0.15) is 42.5 Å². The third-order valence-corrected chi connectivity index (χ3v) is 5.29. The zero-order valence-corrected chi connectivity index (χ0v) is 13.5. The first-order valence-corrected chi connectivity index (χ1v) is 8.35. The second-order valence-electron chi connectivity index (χ2n) is 6.58. The molecule has 0 aromatic heterocycles. The van der Waals surface area contributed by atoms with Gasteiger partial charge >= 0.3 is 0 Å². The van der Waals surface area contributed by atoms with Crippen LogP contribution in [0.4, 0.5) is 11.4 Å². The minimum absolute atomic E-state index is 0.0501. The molecule has 0 unspecified atom stereocenters.